The van der Waals surface area contributed by atoms with Gasteiger partial charge in [-0.1, -0.05) is 30.9 Å². The maximum Gasteiger partial charge on any atom is 0.172 e. The van der Waals surface area contributed by atoms with E-state index in [1.165, 1.54) is 12.8 Å². The van der Waals surface area contributed by atoms with Gasteiger partial charge in [-0.2, -0.15) is 0 Å². The molecule has 0 amide bonds. The number of rotatable bonds is 0. The van der Waals surface area contributed by atoms with Crippen LogP contribution in [-0.2, 0) is 9.47 Å². The molecule has 6 atom stereocenters. The van der Waals surface area contributed by atoms with Gasteiger partial charge in [0.1, 0.15) is 5.60 Å². The van der Waals surface area contributed by atoms with Gasteiger partial charge in [0.15, 0.2) is 5.79 Å². The van der Waals surface area contributed by atoms with Crippen molar-refractivity contribution in [3.8, 4) is 12.3 Å². The Morgan fingerprint density at radius 2 is 1.92 bits per heavy atom. The third-order valence-electron chi connectivity index (χ3n) is 8.92. The highest BCUT2D eigenvalue weighted by molar-refractivity contribution is 5.31. The first-order valence-corrected chi connectivity index (χ1v) is 10.6. The van der Waals surface area contributed by atoms with Crippen molar-refractivity contribution in [2.24, 2.45) is 29.1 Å². The molecule has 2 saturated carbocycles. The number of aliphatic hydroxyl groups is 1. The monoisotopic (exact) mass is 356 g/mol. The normalized spacial score (nSPS) is 49.5. The molecule has 0 unspecified atom stereocenters. The van der Waals surface area contributed by atoms with Gasteiger partial charge in [-0.05, 0) is 62.2 Å². The second-order valence-electron chi connectivity index (χ2n) is 9.88. The van der Waals surface area contributed by atoms with Crippen molar-refractivity contribution in [1.29, 1.82) is 0 Å². The van der Waals surface area contributed by atoms with Crippen molar-refractivity contribution >= 4 is 0 Å². The predicted octanol–water partition coefficient (Wildman–Crippen LogP) is 4.06. The van der Waals surface area contributed by atoms with E-state index in [2.05, 4.69) is 19.8 Å². The summed E-state index contributed by atoms with van der Waals surface area (Å²) < 4.78 is 12.0. The lowest BCUT2D eigenvalue weighted by atomic mass is 9.50. The van der Waals surface area contributed by atoms with Crippen molar-refractivity contribution in [2.75, 3.05) is 13.2 Å². The van der Waals surface area contributed by atoms with E-state index in [-0.39, 0.29) is 11.2 Å². The molecule has 1 saturated heterocycles. The predicted molar refractivity (Wildman–Crippen MR) is 100 cm³/mol. The van der Waals surface area contributed by atoms with Crippen molar-refractivity contribution < 1.29 is 14.6 Å². The fraction of sp³-hybridized carbons (Fsp3) is 0.826. The van der Waals surface area contributed by atoms with E-state index in [9.17, 15) is 5.11 Å². The molecule has 1 N–H and O–H groups in total. The topological polar surface area (TPSA) is 38.7 Å². The van der Waals surface area contributed by atoms with Gasteiger partial charge in [0, 0.05) is 18.3 Å². The van der Waals surface area contributed by atoms with Crippen LogP contribution in [0.15, 0.2) is 11.1 Å². The molecule has 0 aromatic carbocycles. The van der Waals surface area contributed by atoms with Gasteiger partial charge in [0.2, 0.25) is 0 Å². The van der Waals surface area contributed by atoms with Gasteiger partial charge in [0.05, 0.1) is 13.2 Å². The Labute approximate surface area is 157 Å². The van der Waals surface area contributed by atoms with E-state index < -0.39 is 5.60 Å². The first-order valence-electron chi connectivity index (χ1n) is 10.6. The molecule has 0 radical (unpaired) electrons. The zero-order valence-corrected chi connectivity index (χ0v) is 16.2. The summed E-state index contributed by atoms with van der Waals surface area (Å²) in [5.74, 6) is 5.05. The maximum absolute atomic E-state index is 11.1. The number of ether oxygens (including phenoxy) is 2. The Balaban J connectivity index is 1.47. The van der Waals surface area contributed by atoms with Gasteiger partial charge in [-0.3, -0.25) is 0 Å². The summed E-state index contributed by atoms with van der Waals surface area (Å²) in [5.41, 5.74) is 2.33. The molecule has 26 heavy (non-hydrogen) atoms. The average molecular weight is 357 g/mol. The van der Waals surface area contributed by atoms with Gasteiger partial charge >= 0.3 is 0 Å². The lowest BCUT2D eigenvalue weighted by Gasteiger charge is -2.55. The smallest absolute Gasteiger partial charge is 0.172 e. The molecule has 1 spiro atoms. The zero-order chi connectivity index (χ0) is 18.2. The van der Waals surface area contributed by atoms with Crippen molar-refractivity contribution in [3.05, 3.63) is 11.1 Å². The summed E-state index contributed by atoms with van der Waals surface area (Å²) in [6.07, 6.45) is 14.2. The third kappa shape index (κ3) is 2.13. The minimum atomic E-state index is -0.904. The molecular weight excluding hydrogens is 324 g/mol. The van der Waals surface area contributed by atoms with E-state index in [1.54, 1.807) is 11.1 Å². The maximum atomic E-state index is 11.1. The molecule has 0 aromatic rings. The molecular formula is C23H32O3. The second kappa shape index (κ2) is 5.60. The molecule has 142 valence electrons. The molecule has 0 aromatic heterocycles. The van der Waals surface area contributed by atoms with Crippen LogP contribution in [0, 0.1) is 41.4 Å². The molecule has 3 heteroatoms. The van der Waals surface area contributed by atoms with Gasteiger partial charge in [-0.15, -0.1) is 6.42 Å². The molecule has 3 nitrogen and oxygen atoms in total. The molecule has 4 aliphatic carbocycles. The number of allylic oxidation sites excluding steroid dienone is 1. The lowest BCUT2D eigenvalue weighted by Crippen LogP contribution is -2.52. The van der Waals surface area contributed by atoms with Gasteiger partial charge in [0.25, 0.3) is 0 Å². The average Bonchev–Trinajstić information content (AvgIpc) is 3.18. The first-order chi connectivity index (χ1) is 12.4. The Hall–Kier alpha value is -0.820. The van der Waals surface area contributed by atoms with E-state index in [0.717, 1.165) is 51.7 Å². The minimum absolute atomic E-state index is 0.108. The van der Waals surface area contributed by atoms with Crippen molar-refractivity contribution in [3.63, 3.8) is 0 Å². The van der Waals surface area contributed by atoms with E-state index in [4.69, 9.17) is 15.9 Å². The summed E-state index contributed by atoms with van der Waals surface area (Å²) in [4.78, 5) is 0. The lowest BCUT2D eigenvalue weighted by molar-refractivity contribution is -0.167. The zero-order valence-electron chi connectivity index (χ0n) is 16.2. The molecule has 1 aliphatic heterocycles. The minimum Gasteiger partial charge on any atom is -0.377 e. The number of hydrogen-bond acceptors (Lipinski definition) is 3. The Morgan fingerprint density at radius 1 is 1.15 bits per heavy atom. The van der Waals surface area contributed by atoms with Crippen LogP contribution in [-0.4, -0.2) is 29.7 Å². The second-order valence-corrected chi connectivity index (χ2v) is 9.88. The summed E-state index contributed by atoms with van der Waals surface area (Å²) >= 11 is 0. The summed E-state index contributed by atoms with van der Waals surface area (Å²) in [5, 5.41) is 11.1. The largest absolute Gasteiger partial charge is 0.377 e. The van der Waals surface area contributed by atoms with Crippen LogP contribution in [0.3, 0.4) is 0 Å². The van der Waals surface area contributed by atoms with Crippen LogP contribution in [0.5, 0.6) is 0 Å². The fourth-order valence-corrected chi connectivity index (χ4v) is 7.60. The standard InChI is InChI=1S/C23H32O3/c1-4-22(24)9-7-19-20-15(2)13-16-14-23(25-11-12-26-23)10-6-17(16)18(20)5-8-21(19,22)3/h1,15,18-20,24H,5-14H2,2-3H3/t15-,18-,19+,20+,21-,22+/m0/s1. The van der Waals surface area contributed by atoms with Crippen LogP contribution in [0.1, 0.15) is 65.2 Å². The summed E-state index contributed by atoms with van der Waals surface area (Å²) in [6.45, 7) is 6.19. The summed E-state index contributed by atoms with van der Waals surface area (Å²) in [7, 11) is 0. The highest BCUT2D eigenvalue weighted by Gasteiger charge is 2.62. The number of hydrogen-bond donors (Lipinski definition) is 1. The van der Waals surface area contributed by atoms with Crippen molar-refractivity contribution in [1.82, 2.24) is 0 Å². The first kappa shape index (κ1) is 17.3. The van der Waals surface area contributed by atoms with Crippen LogP contribution in [0.4, 0.5) is 0 Å². The Morgan fingerprint density at radius 3 is 2.65 bits per heavy atom. The quantitative estimate of drug-likeness (QED) is 0.525. The molecule has 0 bridgehead atoms. The van der Waals surface area contributed by atoms with E-state index in [0.29, 0.717) is 23.7 Å². The van der Waals surface area contributed by atoms with Crippen LogP contribution in [0.25, 0.3) is 0 Å². The highest BCUT2D eigenvalue weighted by Crippen LogP contribution is 2.65. The van der Waals surface area contributed by atoms with E-state index in [1.807, 2.05) is 0 Å². The van der Waals surface area contributed by atoms with Crippen LogP contribution in [0.2, 0.25) is 0 Å². The van der Waals surface area contributed by atoms with Gasteiger partial charge < -0.3 is 14.6 Å². The summed E-state index contributed by atoms with van der Waals surface area (Å²) in [6, 6.07) is 0. The van der Waals surface area contributed by atoms with Crippen LogP contribution >= 0.6 is 0 Å². The SMILES string of the molecule is C#C[C@@]1(O)CC[C@@H]2[C@@H]3[C@@H](C)CC4=C(CCC5(C4)OCCO5)[C@@H]3CC[C@@]21C. The molecule has 1 heterocycles. The molecule has 3 fully saturated rings. The Bertz CT molecular complexity index is 682. The molecule has 5 aliphatic rings. The van der Waals surface area contributed by atoms with E-state index >= 15 is 0 Å². The van der Waals surface area contributed by atoms with Gasteiger partial charge in [-0.25, -0.2) is 0 Å². The molecule has 5 rings (SSSR count). The van der Waals surface area contributed by atoms with Crippen LogP contribution < -0.4 is 0 Å². The number of fused-ring (bicyclic) bond motifs is 4. The Kier molecular flexibility index (Phi) is 3.72. The highest BCUT2D eigenvalue weighted by atomic mass is 16.7. The van der Waals surface area contributed by atoms with Crippen molar-refractivity contribution in [2.45, 2.75) is 76.6 Å². The number of terminal acetylenes is 1. The third-order valence-corrected chi connectivity index (χ3v) is 8.92. The fourth-order valence-electron chi connectivity index (χ4n) is 7.60.